The van der Waals surface area contributed by atoms with Crippen molar-refractivity contribution in [1.82, 2.24) is 0 Å². The van der Waals surface area contributed by atoms with Gasteiger partial charge in [-0.05, 0) is 70.9 Å². The van der Waals surface area contributed by atoms with Crippen LogP contribution in [0.15, 0.2) is 40.9 Å². The topological polar surface area (TPSA) is 17.1 Å². The number of halogens is 2. The Bertz CT molecular complexity index is 679. The fourth-order valence-electron chi connectivity index (χ4n) is 2.71. The third-order valence-corrected chi connectivity index (χ3v) is 4.42. The van der Waals surface area contributed by atoms with Crippen LogP contribution < -0.4 is 0 Å². The summed E-state index contributed by atoms with van der Waals surface area (Å²) in [4.78, 5) is 12.4. The molecule has 0 saturated carbocycles. The summed E-state index contributed by atoms with van der Waals surface area (Å²) >= 11 is 3.12. The van der Waals surface area contributed by atoms with Gasteiger partial charge in [-0.15, -0.1) is 0 Å². The summed E-state index contributed by atoms with van der Waals surface area (Å²) in [7, 11) is 0. The standard InChI is InChI=1S/C17H14BrFO/c18-15-7-3-6-14(16(15)19)17(20)13-9-8-11-4-1-2-5-12(11)10-13/h3,6-10H,1-2,4-5H2. The number of hydrogen-bond donors (Lipinski definition) is 0. The maximum absolute atomic E-state index is 14.0. The molecule has 2 aromatic carbocycles. The molecule has 0 unspecified atom stereocenters. The molecule has 0 spiro atoms. The molecule has 0 amide bonds. The number of ketones is 1. The molecule has 0 radical (unpaired) electrons. The largest absolute Gasteiger partial charge is 0.288 e. The summed E-state index contributed by atoms with van der Waals surface area (Å²) in [5.41, 5.74) is 3.25. The summed E-state index contributed by atoms with van der Waals surface area (Å²) in [5, 5.41) is 0. The highest BCUT2D eigenvalue weighted by Crippen LogP contribution is 2.25. The van der Waals surface area contributed by atoms with E-state index in [0.29, 0.717) is 10.0 Å². The quantitative estimate of drug-likeness (QED) is 0.728. The van der Waals surface area contributed by atoms with Crippen molar-refractivity contribution < 1.29 is 9.18 Å². The highest BCUT2D eigenvalue weighted by Gasteiger charge is 2.18. The van der Waals surface area contributed by atoms with E-state index in [2.05, 4.69) is 15.9 Å². The highest BCUT2D eigenvalue weighted by atomic mass is 79.9. The van der Waals surface area contributed by atoms with Gasteiger partial charge in [-0.1, -0.05) is 18.2 Å². The third kappa shape index (κ3) is 2.42. The van der Waals surface area contributed by atoms with Crippen molar-refractivity contribution in [3.63, 3.8) is 0 Å². The van der Waals surface area contributed by atoms with Gasteiger partial charge >= 0.3 is 0 Å². The Morgan fingerprint density at radius 3 is 2.60 bits per heavy atom. The predicted molar refractivity (Wildman–Crippen MR) is 80.6 cm³/mol. The first kappa shape index (κ1) is 13.5. The molecule has 0 atom stereocenters. The van der Waals surface area contributed by atoms with E-state index in [0.717, 1.165) is 19.3 Å². The second kappa shape index (κ2) is 5.49. The number of rotatable bonds is 2. The first-order valence-corrected chi connectivity index (χ1v) is 7.56. The number of carbonyl (C=O) groups is 1. The van der Waals surface area contributed by atoms with E-state index >= 15 is 0 Å². The first-order chi connectivity index (χ1) is 9.66. The van der Waals surface area contributed by atoms with Crippen LogP contribution >= 0.6 is 15.9 Å². The first-order valence-electron chi connectivity index (χ1n) is 6.77. The Labute approximate surface area is 126 Å². The molecule has 1 aliphatic carbocycles. The monoisotopic (exact) mass is 332 g/mol. The normalized spacial score (nSPS) is 13.9. The average molecular weight is 333 g/mol. The summed E-state index contributed by atoms with van der Waals surface area (Å²) in [6.45, 7) is 0. The van der Waals surface area contributed by atoms with Crippen LogP contribution in [-0.2, 0) is 12.8 Å². The minimum atomic E-state index is -0.491. The van der Waals surface area contributed by atoms with Gasteiger partial charge in [0.25, 0.3) is 0 Å². The smallest absolute Gasteiger partial charge is 0.196 e. The zero-order valence-corrected chi connectivity index (χ0v) is 12.5. The van der Waals surface area contributed by atoms with E-state index < -0.39 is 5.82 Å². The van der Waals surface area contributed by atoms with Crippen LogP contribution in [0.5, 0.6) is 0 Å². The Balaban J connectivity index is 2.00. The zero-order chi connectivity index (χ0) is 14.1. The molecule has 1 nitrogen and oxygen atoms in total. The number of carbonyl (C=O) groups excluding carboxylic acids is 1. The molecule has 0 fully saturated rings. The third-order valence-electron chi connectivity index (χ3n) is 3.81. The summed E-state index contributed by atoms with van der Waals surface area (Å²) in [6.07, 6.45) is 4.46. The van der Waals surface area contributed by atoms with Crippen LogP contribution in [0.1, 0.15) is 39.9 Å². The second-order valence-corrected chi connectivity index (χ2v) is 5.98. The van der Waals surface area contributed by atoms with E-state index in [1.807, 2.05) is 18.2 Å². The fourth-order valence-corrected chi connectivity index (χ4v) is 3.08. The molecular weight excluding hydrogens is 319 g/mol. The van der Waals surface area contributed by atoms with Gasteiger partial charge in [0.1, 0.15) is 5.82 Å². The molecule has 0 heterocycles. The van der Waals surface area contributed by atoms with Crippen LogP contribution in [-0.4, -0.2) is 5.78 Å². The molecule has 20 heavy (non-hydrogen) atoms. The SMILES string of the molecule is O=C(c1ccc2c(c1)CCCC2)c1cccc(Br)c1F. The van der Waals surface area contributed by atoms with E-state index in [1.165, 1.54) is 23.6 Å². The van der Waals surface area contributed by atoms with Gasteiger partial charge in [-0.2, -0.15) is 0 Å². The molecule has 0 aliphatic heterocycles. The second-order valence-electron chi connectivity index (χ2n) is 5.12. The summed E-state index contributed by atoms with van der Waals surface area (Å²) in [6, 6.07) is 10.6. The van der Waals surface area contributed by atoms with Gasteiger partial charge in [-0.25, -0.2) is 4.39 Å². The maximum Gasteiger partial charge on any atom is 0.196 e. The van der Waals surface area contributed by atoms with Gasteiger partial charge in [-0.3, -0.25) is 4.79 Å². The lowest BCUT2D eigenvalue weighted by Crippen LogP contribution is -2.08. The van der Waals surface area contributed by atoms with Crippen LogP contribution in [0.4, 0.5) is 4.39 Å². The lowest BCUT2D eigenvalue weighted by atomic mass is 9.89. The predicted octanol–water partition coefficient (Wildman–Crippen LogP) is 4.70. The Morgan fingerprint density at radius 1 is 1.05 bits per heavy atom. The highest BCUT2D eigenvalue weighted by molar-refractivity contribution is 9.10. The van der Waals surface area contributed by atoms with Crippen molar-refractivity contribution in [3.8, 4) is 0 Å². The van der Waals surface area contributed by atoms with Gasteiger partial charge < -0.3 is 0 Å². The van der Waals surface area contributed by atoms with Crippen LogP contribution in [0, 0.1) is 5.82 Å². The zero-order valence-electron chi connectivity index (χ0n) is 11.0. The summed E-state index contributed by atoms with van der Waals surface area (Å²) < 4.78 is 14.3. The molecule has 102 valence electrons. The van der Waals surface area contributed by atoms with Crippen molar-refractivity contribution >= 4 is 21.7 Å². The number of benzene rings is 2. The fraction of sp³-hybridized carbons (Fsp3) is 0.235. The minimum Gasteiger partial charge on any atom is -0.288 e. The number of fused-ring (bicyclic) bond motifs is 1. The maximum atomic E-state index is 14.0. The van der Waals surface area contributed by atoms with Crippen molar-refractivity contribution in [2.45, 2.75) is 25.7 Å². The molecule has 3 rings (SSSR count). The summed E-state index contributed by atoms with van der Waals surface area (Å²) in [5.74, 6) is -0.743. The van der Waals surface area contributed by atoms with E-state index in [9.17, 15) is 9.18 Å². The lowest BCUT2D eigenvalue weighted by molar-refractivity contribution is 0.103. The van der Waals surface area contributed by atoms with Gasteiger partial charge in [0.05, 0.1) is 10.0 Å². The van der Waals surface area contributed by atoms with Crippen molar-refractivity contribution in [2.24, 2.45) is 0 Å². The molecule has 0 aromatic heterocycles. The molecule has 0 saturated heterocycles. The number of aryl methyl sites for hydroxylation is 2. The molecule has 0 N–H and O–H groups in total. The van der Waals surface area contributed by atoms with E-state index in [-0.39, 0.29) is 11.3 Å². The van der Waals surface area contributed by atoms with Gasteiger partial charge in [0, 0.05) is 5.56 Å². The van der Waals surface area contributed by atoms with E-state index in [1.54, 1.807) is 12.1 Å². The molecular formula is C17H14BrFO. The molecule has 1 aliphatic rings. The average Bonchev–Trinajstić information content (AvgIpc) is 2.49. The van der Waals surface area contributed by atoms with Crippen LogP contribution in [0.3, 0.4) is 0 Å². The van der Waals surface area contributed by atoms with Crippen molar-refractivity contribution in [3.05, 3.63) is 68.9 Å². The minimum absolute atomic E-state index is 0.120. The molecule has 0 bridgehead atoms. The molecule has 2 aromatic rings. The Morgan fingerprint density at radius 2 is 1.80 bits per heavy atom. The molecule has 3 heteroatoms. The van der Waals surface area contributed by atoms with E-state index in [4.69, 9.17) is 0 Å². The van der Waals surface area contributed by atoms with Crippen LogP contribution in [0.25, 0.3) is 0 Å². The lowest BCUT2D eigenvalue weighted by Gasteiger charge is -2.16. The van der Waals surface area contributed by atoms with Gasteiger partial charge in [0.15, 0.2) is 5.78 Å². The Kier molecular flexibility index (Phi) is 3.70. The van der Waals surface area contributed by atoms with Crippen molar-refractivity contribution in [1.29, 1.82) is 0 Å². The van der Waals surface area contributed by atoms with Crippen molar-refractivity contribution in [2.75, 3.05) is 0 Å². The number of hydrogen-bond acceptors (Lipinski definition) is 1. The Hall–Kier alpha value is -1.48. The van der Waals surface area contributed by atoms with Gasteiger partial charge in [0.2, 0.25) is 0 Å². The van der Waals surface area contributed by atoms with Crippen LogP contribution in [0.2, 0.25) is 0 Å².